The average molecular weight is 420 g/mol. The Kier molecular flexibility index (Phi) is 8.08. The molecule has 2 heterocycles. The van der Waals surface area contributed by atoms with E-state index in [2.05, 4.69) is 52.8 Å². The number of hydrogen-bond donors (Lipinski definition) is 1. The quantitative estimate of drug-likeness (QED) is 0.587. The molecule has 2 saturated heterocycles. The number of rotatable bonds is 5. The number of ether oxygens (including phenoxy) is 1. The summed E-state index contributed by atoms with van der Waals surface area (Å²) in [5.74, 6) is 1.26. The Labute approximate surface area is 181 Å². The third-order valence-electron chi connectivity index (χ3n) is 6.26. The van der Waals surface area contributed by atoms with E-state index in [9.17, 15) is 4.39 Å². The van der Waals surface area contributed by atoms with Gasteiger partial charge >= 0.3 is 0 Å². The fourth-order valence-electron chi connectivity index (χ4n) is 4.45. The molecule has 3 rings (SSSR count). The molecule has 1 aromatic rings. The van der Waals surface area contributed by atoms with Gasteiger partial charge in [-0.3, -0.25) is 9.89 Å². The van der Waals surface area contributed by atoms with Crippen LogP contribution in [0.2, 0.25) is 0 Å². The monoisotopic (exact) mass is 419 g/mol. The number of hydrogen-bond acceptors (Lipinski definition) is 4. The molecular formula is C23H38FN5O. The molecule has 0 aromatic heterocycles. The summed E-state index contributed by atoms with van der Waals surface area (Å²) in [4.78, 5) is 11.8. The number of benzene rings is 1. The van der Waals surface area contributed by atoms with Crippen molar-refractivity contribution in [2.24, 2.45) is 10.9 Å². The van der Waals surface area contributed by atoms with E-state index in [1.165, 1.54) is 12.1 Å². The van der Waals surface area contributed by atoms with Crippen molar-refractivity contribution in [3.8, 4) is 0 Å². The van der Waals surface area contributed by atoms with Crippen molar-refractivity contribution in [2.45, 2.75) is 39.0 Å². The Morgan fingerprint density at radius 3 is 2.43 bits per heavy atom. The van der Waals surface area contributed by atoms with Gasteiger partial charge in [-0.1, -0.05) is 26.0 Å². The SMILES string of the molecule is CN=C(NCC(C(C)C)N1CCN(C)CC1)N1CC(C)OC(c2ccc(F)cc2)C1. The Hall–Kier alpha value is -1.70. The molecule has 0 radical (unpaired) electrons. The summed E-state index contributed by atoms with van der Waals surface area (Å²) in [5, 5.41) is 3.64. The van der Waals surface area contributed by atoms with Gasteiger partial charge in [0.25, 0.3) is 0 Å². The van der Waals surface area contributed by atoms with Crippen molar-refractivity contribution >= 4 is 5.96 Å². The smallest absolute Gasteiger partial charge is 0.193 e. The molecule has 3 unspecified atom stereocenters. The molecule has 30 heavy (non-hydrogen) atoms. The third-order valence-corrected chi connectivity index (χ3v) is 6.26. The molecule has 7 heteroatoms. The first kappa shape index (κ1) is 23.0. The first-order valence-corrected chi connectivity index (χ1v) is 11.2. The zero-order valence-corrected chi connectivity index (χ0v) is 19.1. The first-order chi connectivity index (χ1) is 14.4. The molecule has 2 aliphatic heterocycles. The lowest BCUT2D eigenvalue weighted by Crippen LogP contribution is -2.56. The second-order valence-corrected chi connectivity index (χ2v) is 8.97. The molecule has 1 aromatic carbocycles. The van der Waals surface area contributed by atoms with Crippen LogP contribution in [0.3, 0.4) is 0 Å². The van der Waals surface area contributed by atoms with Crippen LogP contribution in [0.5, 0.6) is 0 Å². The molecule has 0 spiro atoms. The molecule has 2 fully saturated rings. The molecule has 3 atom stereocenters. The minimum absolute atomic E-state index is 0.0749. The van der Waals surface area contributed by atoms with Gasteiger partial charge in [0.15, 0.2) is 5.96 Å². The van der Waals surface area contributed by atoms with E-state index in [-0.39, 0.29) is 18.0 Å². The topological polar surface area (TPSA) is 43.3 Å². The van der Waals surface area contributed by atoms with Crippen LogP contribution in [-0.4, -0.2) is 92.7 Å². The van der Waals surface area contributed by atoms with Gasteiger partial charge in [0.1, 0.15) is 11.9 Å². The van der Waals surface area contributed by atoms with Crippen LogP contribution in [-0.2, 0) is 4.74 Å². The van der Waals surface area contributed by atoms with Gasteiger partial charge in [-0.05, 0) is 37.6 Å². The Bertz CT molecular complexity index is 687. The Balaban J connectivity index is 1.63. The van der Waals surface area contributed by atoms with Crippen LogP contribution in [0, 0.1) is 11.7 Å². The van der Waals surface area contributed by atoms with Gasteiger partial charge in [-0.25, -0.2) is 4.39 Å². The fraction of sp³-hybridized carbons (Fsp3) is 0.696. The number of likely N-dealkylation sites (N-methyl/N-ethyl adjacent to an activating group) is 1. The van der Waals surface area contributed by atoms with Gasteiger partial charge in [-0.2, -0.15) is 0 Å². The van der Waals surface area contributed by atoms with Crippen molar-refractivity contribution in [3.63, 3.8) is 0 Å². The van der Waals surface area contributed by atoms with Crippen LogP contribution < -0.4 is 5.32 Å². The van der Waals surface area contributed by atoms with Gasteiger partial charge in [0, 0.05) is 52.4 Å². The highest BCUT2D eigenvalue weighted by Gasteiger charge is 2.30. The molecular weight excluding hydrogens is 381 g/mol. The lowest BCUT2D eigenvalue weighted by molar-refractivity contribution is -0.0606. The van der Waals surface area contributed by atoms with Crippen LogP contribution in [0.4, 0.5) is 4.39 Å². The zero-order chi connectivity index (χ0) is 21.7. The van der Waals surface area contributed by atoms with Crippen molar-refractivity contribution < 1.29 is 9.13 Å². The lowest BCUT2D eigenvalue weighted by atomic mass is 10.0. The van der Waals surface area contributed by atoms with Crippen LogP contribution in [0.15, 0.2) is 29.3 Å². The average Bonchev–Trinajstić information content (AvgIpc) is 2.72. The summed E-state index contributed by atoms with van der Waals surface area (Å²) < 4.78 is 19.5. The molecule has 2 aliphatic rings. The van der Waals surface area contributed by atoms with Crippen LogP contribution in [0.25, 0.3) is 0 Å². The number of nitrogens with one attached hydrogen (secondary N) is 1. The van der Waals surface area contributed by atoms with Gasteiger partial charge in [0.2, 0.25) is 0 Å². The Morgan fingerprint density at radius 2 is 1.83 bits per heavy atom. The third kappa shape index (κ3) is 5.93. The minimum Gasteiger partial charge on any atom is -0.367 e. The Morgan fingerprint density at radius 1 is 1.17 bits per heavy atom. The van der Waals surface area contributed by atoms with Gasteiger partial charge in [0.05, 0.1) is 12.6 Å². The van der Waals surface area contributed by atoms with E-state index in [1.807, 2.05) is 19.2 Å². The molecule has 0 aliphatic carbocycles. The predicted octanol–water partition coefficient (Wildman–Crippen LogP) is 2.43. The summed E-state index contributed by atoms with van der Waals surface area (Å²) in [6.45, 7) is 13.5. The fourth-order valence-corrected chi connectivity index (χ4v) is 4.45. The molecule has 0 saturated carbocycles. The largest absolute Gasteiger partial charge is 0.367 e. The summed E-state index contributed by atoms with van der Waals surface area (Å²) in [6, 6.07) is 7.10. The summed E-state index contributed by atoms with van der Waals surface area (Å²) in [7, 11) is 4.04. The number of aliphatic imine (C=N–C) groups is 1. The van der Waals surface area contributed by atoms with Gasteiger partial charge in [-0.15, -0.1) is 0 Å². The van der Waals surface area contributed by atoms with Crippen molar-refractivity contribution in [3.05, 3.63) is 35.6 Å². The van der Waals surface area contributed by atoms with E-state index in [0.717, 1.165) is 50.8 Å². The van der Waals surface area contributed by atoms with E-state index >= 15 is 0 Å². The maximum atomic E-state index is 13.3. The minimum atomic E-state index is -0.222. The number of halogens is 1. The van der Waals surface area contributed by atoms with E-state index in [4.69, 9.17) is 4.74 Å². The normalized spacial score (nSPS) is 25.6. The lowest BCUT2D eigenvalue weighted by Gasteiger charge is -2.42. The highest BCUT2D eigenvalue weighted by Crippen LogP contribution is 2.25. The predicted molar refractivity (Wildman–Crippen MR) is 120 cm³/mol. The van der Waals surface area contributed by atoms with Crippen molar-refractivity contribution in [1.82, 2.24) is 20.0 Å². The molecule has 168 valence electrons. The van der Waals surface area contributed by atoms with Gasteiger partial charge < -0.3 is 19.9 Å². The maximum Gasteiger partial charge on any atom is 0.193 e. The molecule has 6 nitrogen and oxygen atoms in total. The molecule has 0 amide bonds. The second-order valence-electron chi connectivity index (χ2n) is 8.97. The number of nitrogens with zero attached hydrogens (tertiary/aromatic N) is 4. The number of guanidine groups is 1. The van der Waals surface area contributed by atoms with E-state index in [0.29, 0.717) is 18.5 Å². The molecule has 0 bridgehead atoms. The highest BCUT2D eigenvalue weighted by atomic mass is 19.1. The zero-order valence-electron chi connectivity index (χ0n) is 19.1. The van der Waals surface area contributed by atoms with Crippen LogP contribution >= 0.6 is 0 Å². The summed E-state index contributed by atoms with van der Waals surface area (Å²) >= 11 is 0. The summed E-state index contributed by atoms with van der Waals surface area (Å²) in [6.07, 6.45) is -0.0164. The van der Waals surface area contributed by atoms with Crippen molar-refractivity contribution in [1.29, 1.82) is 0 Å². The van der Waals surface area contributed by atoms with E-state index in [1.54, 1.807) is 0 Å². The van der Waals surface area contributed by atoms with Crippen molar-refractivity contribution in [2.75, 3.05) is 59.9 Å². The summed E-state index contributed by atoms with van der Waals surface area (Å²) in [5.41, 5.74) is 1.00. The second kappa shape index (κ2) is 10.6. The number of morpholine rings is 1. The molecule has 1 N–H and O–H groups in total. The highest BCUT2D eigenvalue weighted by molar-refractivity contribution is 5.80. The number of piperazine rings is 1. The van der Waals surface area contributed by atoms with E-state index < -0.39 is 0 Å². The first-order valence-electron chi connectivity index (χ1n) is 11.2. The van der Waals surface area contributed by atoms with Crippen LogP contribution in [0.1, 0.15) is 32.4 Å². The maximum absolute atomic E-state index is 13.3. The standard InChI is InChI=1S/C23H38FN5O/c1-17(2)21(28-12-10-27(5)11-13-28)14-26-23(25-4)29-15-18(3)30-22(16-29)19-6-8-20(24)9-7-19/h6-9,17-18,21-22H,10-16H2,1-5H3,(H,25,26).